The van der Waals surface area contributed by atoms with Gasteiger partial charge in [-0.3, -0.25) is 18.6 Å². The molecule has 0 aromatic heterocycles. The maximum Gasteiger partial charge on any atom is 0.472 e. The van der Waals surface area contributed by atoms with Crippen molar-refractivity contribution in [2.24, 2.45) is 0 Å². The summed E-state index contributed by atoms with van der Waals surface area (Å²) in [5, 5.41) is 0. The van der Waals surface area contributed by atoms with E-state index in [1.165, 1.54) is 424 Å². The van der Waals surface area contributed by atoms with Gasteiger partial charge in [0.2, 0.25) is 0 Å². The number of hydrogen-bond acceptors (Lipinski definition) is 7. The van der Waals surface area contributed by atoms with Gasteiger partial charge in [-0.05, 0) is 77.0 Å². The van der Waals surface area contributed by atoms with Gasteiger partial charge in [-0.25, -0.2) is 4.57 Å². The molecule has 0 saturated carbocycles. The molecule has 2 atom stereocenters. The third-order valence-corrected chi connectivity index (χ3v) is 22.8. The summed E-state index contributed by atoms with van der Waals surface area (Å²) in [5.74, 6) is -0.766. The van der Waals surface area contributed by atoms with E-state index >= 15 is 0 Å². The first kappa shape index (κ1) is 104. The molecular weight excluding hydrogens is 1330 g/mol. The number of hydrogen-bond donors (Lipinski definition) is 1. The molecule has 0 aliphatic heterocycles. The summed E-state index contributed by atoms with van der Waals surface area (Å²) >= 11 is 0. The van der Waals surface area contributed by atoms with Crippen molar-refractivity contribution in [3.63, 3.8) is 0 Å². The van der Waals surface area contributed by atoms with Gasteiger partial charge in [-0.2, -0.15) is 0 Å². The molecule has 0 spiro atoms. The summed E-state index contributed by atoms with van der Waals surface area (Å²) in [5.41, 5.74) is 0. The molecule has 0 aromatic rings. The minimum Gasteiger partial charge on any atom is -0.462 e. The number of esters is 2. The molecule has 626 valence electrons. The van der Waals surface area contributed by atoms with Gasteiger partial charge < -0.3 is 18.9 Å². The van der Waals surface area contributed by atoms with E-state index in [-0.39, 0.29) is 25.6 Å². The van der Waals surface area contributed by atoms with Crippen LogP contribution in [0.1, 0.15) is 502 Å². The molecule has 0 fully saturated rings. The zero-order chi connectivity index (χ0) is 76.8. The van der Waals surface area contributed by atoms with Crippen LogP contribution < -0.4 is 0 Å². The Labute approximate surface area is 662 Å². The normalized spacial score (nSPS) is 13.1. The molecule has 1 N–H and O–H groups in total. The molecular formula is C96H185NO8P+. The smallest absolute Gasteiger partial charge is 0.462 e. The van der Waals surface area contributed by atoms with Gasteiger partial charge in [0.25, 0.3) is 0 Å². The van der Waals surface area contributed by atoms with Crippen LogP contribution in [-0.2, 0) is 32.7 Å². The summed E-state index contributed by atoms with van der Waals surface area (Å²) in [6.07, 6.45) is 118. The first-order valence-electron chi connectivity index (χ1n) is 47.4. The van der Waals surface area contributed by atoms with Crippen LogP contribution in [0.4, 0.5) is 0 Å². The molecule has 0 saturated heterocycles. The SMILES string of the molecule is CCCCCCC/C=C\C/C=C\CCCCCCCCCCCCCCCCCCCCCCCCCCCCCCCC(=O)OCC(COP(=O)(O)OCC[N+](C)(C)C)OC(=O)CCCCCCCCCCCCCCCCCCCCCCCCCCCCCCC/C=C\C/C=C\CCCCCCC. The van der Waals surface area contributed by atoms with Crippen molar-refractivity contribution in [3.05, 3.63) is 48.6 Å². The molecule has 0 amide bonds. The van der Waals surface area contributed by atoms with Crippen molar-refractivity contribution < 1.29 is 42.1 Å². The zero-order valence-electron chi connectivity index (χ0n) is 72.0. The molecule has 0 bridgehead atoms. The number of allylic oxidation sites excluding steroid dienone is 8. The monoisotopic (exact) mass is 1510 g/mol. The number of nitrogens with zero attached hydrogens (tertiary/aromatic N) is 1. The fraction of sp³-hybridized carbons (Fsp3) is 0.896. The Hall–Kier alpha value is -2.03. The second-order valence-electron chi connectivity index (χ2n) is 33.8. The van der Waals surface area contributed by atoms with Gasteiger partial charge in [-0.15, -0.1) is 0 Å². The number of ether oxygens (including phenoxy) is 2. The maximum absolute atomic E-state index is 13.0. The van der Waals surface area contributed by atoms with E-state index < -0.39 is 26.5 Å². The number of phosphoric acid groups is 1. The number of carbonyl (C=O) groups is 2. The number of phosphoric ester groups is 1. The highest BCUT2D eigenvalue weighted by Gasteiger charge is 2.27. The lowest BCUT2D eigenvalue weighted by Gasteiger charge is -2.24. The van der Waals surface area contributed by atoms with E-state index in [4.69, 9.17) is 18.5 Å². The van der Waals surface area contributed by atoms with Gasteiger partial charge in [0.05, 0.1) is 27.7 Å². The Morgan fingerprint density at radius 1 is 0.292 bits per heavy atom. The average Bonchev–Trinajstić information content (AvgIpc) is 0.951. The number of unbranched alkanes of at least 4 members (excludes halogenated alkanes) is 68. The van der Waals surface area contributed by atoms with Crippen LogP contribution in [0, 0.1) is 0 Å². The maximum atomic E-state index is 13.0. The van der Waals surface area contributed by atoms with E-state index in [1.54, 1.807) is 0 Å². The molecule has 0 aliphatic carbocycles. The lowest BCUT2D eigenvalue weighted by molar-refractivity contribution is -0.870. The Morgan fingerprint density at radius 2 is 0.509 bits per heavy atom. The van der Waals surface area contributed by atoms with Gasteiger partial charge in [0.1, 0.15) is 19.8 Å². The van der Waals surface area contributed by atoms with Gasteiger partial charge in [0.15, 0.2) is 6.10 Å². The highest BCUT2D eigenvalue weighted by Crippen LogP contribution is 2.43. The number of likely N-dealkylation sites (N-methyl/N-ethyl adjacent to an activating group) is 1. The van der Waals surface area contributed by atoms with Crippen LogP contribution in [0.5, 0.6) is 0 Å². The van der Waals surface area contributed by atoms with E-state index in [0.717, 1.165) is 51.4 Å². The molecule has 0 aromatic carbocycles. The Kier molecular flexibility index (Phi) is 85.3. The molecule has 0 heterocycles. The molecule has 0 radical (unpaired) electrons. The minimum atomic E-state index is -4.40. The van der Waals surface area contributed by atoms with Crippen molar-refractivity contribution in [3.8, 4) is 0 Å². The summed E-state index contributed by atoms with van der Waals surface area (Å²) in [7, 11) is 1.51. The first-order valence-corrected chi connectivity index (χ1v) is 48.9. The van der Waals surface area contributed by atoms with Gasteiger partial charge in [-0.1, -0.05) is 461 Å². The molecule has 0 aliphatic rings. The summed E-state index contributed by atoms with van der Waals surface area (Å²) < 4.78 is 34.9. The molecule has 9 nitrogen and oxygen atoms in total. The number of carbonyl (C=O) groups excluding carboxylic acids is 2. The Balaban J connectivity index is 3.80. The van der Waals surface area contributed by atoms with Crippen molar-refractivity contribution in [1.29, 1.82) is 0 Å². The zero-order valence-corrected chi connectivity index (χ0v) is 72.9. The predicted molar refractivity (Wildman–Crippen MR) is 464 cm³/mol. The van der Waals surface area contributed by atoms with Crippen LogP contribution in [0.3, 0.4) is 0 Å². The predicted octanol–water partition coefficient (Wildman–Crippen LogP) is 32.2. The summed E-state index contributed by atoms with van der Waals surface area (Å²) in [6.45, 7) is 4.50. The van der Waals surface area contributed by atoms with Crippen molar-refractivity contribution in [2.75, 3.05) is 47.5 Å². The summed E-state index contributed by atoms with van der Waals surface area (Å²) in [6, 6.07) is 0. The van der Waals surface area contributed by atoms with E-state index in [2.05, 4.69) is 62.5 Å². The van der Waals surface area contributed by atoms with Gasteiger partial charge in [0, 0.05) is 12.8 Å². The lowest BCUT2D eigenvalue weighted by atomic mass is 10.0. The summed E-state index contributed by atoms with van der Waals surface area (Å²) in [4.78, 5) is 36.1. The highest BCUT2D eigenvalue weighted by atomic mass is 31.2. The Morgan fingerprint density at radius 3 is 0.745 bits per heavy atom. The minimum absolute atomic E-state index is 0.0358. The molecule has 2 unspecified atom stereocenters. The second kappa shape index (κ2) is 86.9. The lowest BCUT2D eigenvalue weighted by Crippen LogP contribution is -2.37. The topological polar surface area (TPSA) is 108 Å². The highest BCUT2D eigenvalue weighted by molar-refractivity contribution is 7.47. The van der Waals surface area contributed by atoms with Crippen molar-refractivity contribution in [2.45, 2.75) is 508 Å². The first-order chi connectivity index (χ1) is 52.0. The fourth-order valence-corrected chi connectivity index (χ4v) is 15.4. The fourth-order valence-electron chi connectivity index (χ4n) is 14.6. The van der Waals surface area contributed by atoms with Crippen molar-refractivity contribution >= 4 is 19.8 Å². The quantitative estimate of drug-likeness (QED) is 0.0211. The third-order valence-electron chi connectivity index (χ3n) is 21.8. The van der Waals surface area contributed by atoms with Crippen LogP contribution in [0.2, 0.25) is 0 Å². The van der Waals surface area contributed by atoms with Crippen LogP contribution in [-0.4, -0.2) is 74.9 Å². The molecule has 106 heavy (non-hydrogen) atoms. The molecule has 0 rings (SSSR count). The number of quaternary nitrogens is 1. The Bertz CT molecular complexity index is 1930. The van der Waals surface area contributed by atoms with E-state index in [9.17, 15) is 19.0 Å². The molecule has 10 heteroatoms. The van der Waals surface area contributed by atoms with Gasteiger partial charge >= 0.3 is 19.8 Å². The van der Waals surface area contributed by atoms with Crippen LogP contribution in [0.25, 0.3) is 0 Å². The average molecular weight is 1510 g/mol. The third kappa shape index (κ3) is 90.9. The number of rotatable bonds is 90. The van der Waals surface area contributed by atoms with Crippen molar-refractivity contribution in [1.82, 2.24) is 0 Å². The van der Waals surface area contributed by atoms with Crippen LogP contribution >= 0.6 is 7.82 Å². The standard InChI is InChI=1S/C96H184NO8P/c1-6-8-10-12-14-16-18-20-22-24-26-28-30-32-34-36-38-40-42-44-46-48-50-52-54-56-58-60-62-64-66-68-70-72-74-76-78-80-82-84-86-88-95(98)102-92-94(93-104-106(100,101)103-91-90-97(3,4)5)105-96(99)89-87-85-83-81-79-77-75-73-71-69-67-65-63-61-59-57-55-53-51-49-47-45-43-41-39-37-35-33-31-29-27-25-23-21-19-17-15-13-11-9-7-2/h18-21,24-27,94H,6-17,22-23,28-93H2,1-5H3/p+1/b20-18-,21-19-,26-24-,27-25-. The van der Waals surface area contributed by atoms with E-state index in [0.29, 0.717) is 17.4 Å². The second-order valence-corrected chi connectivity index (χ2v) is 35.2. The van der Waals surface area contributed by atoms with Crippen LogP contribution in [0.15, 0.2) is 48.6 Å². The largest absolute Gasteiger partial charge is 0.472 e. The van der Waals surface area contributed by atoms with E-state index in [1.807, 2.05) is 21.1 Å².